The van der Waals surface area contributed by atoms with Crippen molar-refractivity contribution in [3.63, 3.8) is 0 Å². The van der Waals surface area contributed by atoms with Crippen LogP contribution in [0.5, 0.6) is 0 Å². The average molecular weight is 221 g/mol. The summed E-state index contributed by atoms with van der Waals surface area (Å²) < 4.78 is 0. The molecule has 2 nitrogen and oxygen atoms in total. The zero-order valence-corrected chi connectivity index (χ0v) is 10.4. The van der Waals surface area contributed by atoms with Gasteiger partial charge in [0.2, 0.25) is 0 Å². The van der Waals surface area contributed by atoms with Crippen molar-refractivity contribution in [3.05, 3.63) is 37.0 Å². The molecule has 0 fully saturated rings. The van der Waals surface area contributed by atoms with Crippen molar-refractivity contribution in [2.24, 2.45) is 0 Å². The number of carbonyl (C=O) groups excluding carboxylic acids is 1. The van der Waals surface area contributed by atoms with Gasteiger partial charge in [0.1, 0.15) is 5.78 Å². The summed E-state index contributed by atoms with van der Waals surface area (Å²) in [6.45, 7) is 5.51. The molecule has 0 bridgehead atoms. The molecule has 90 valence electrons. The molecule has 0 heterocycles. The molecule has 1 atom stereocenters. The number of nitrogens with one attached hydrogen (secondary N) is 1. The molecule has 0 spiro atoms. The van der Waals surface area contributed by atoms with Crippen molar-refractivity contribution in [3.8, 4) is 0 Å². The molecular formula is C14H23NO. The molecule has 0 aromatic heterocycles. The summed E-state index contributed by atoms with van der Waals surface area (Å²) in [7, 11) is 1.91. The minimum atomic E-state index is 0.306. The Hall–Kier alpha value is -1.15. The lowest BCUT2D eigenvalue weighted by atomic mass is 10.0. The fourth-order valence-electron chi connectivity index (χ4n) is 1.38. The topological polar surface area (TPSA) is 29.1 Å². The number of hydrogen-bond donors (Lipinski definition) is 1. The molecule has 1 unspecified atom stereocenters. The normalized spacial score (nSPS) is 13.4. The molecule has 0 aliphatic carbocycles. The van der Waals surface area contributed by atoms with E-state index >= 15 is 0 Å². The van der Waals surface area contributed by atoms with Gasteiger partial charge in [0.15, 0.2) is 0 Å². The monoisotopic (exact) mass is 221 g/mol. The summed E-state index contributed by atoms with van der Waals surface area (Å²) in [5, 5.41) is 3.18. The minimum absolute atomic E-state index is 0.306. The van der Waals surface area contributed by atoms with Crippen LogP contribution in [0, 0.1) is 0 Å². The van der Waals surface area contributed by atoms with Crippen molar-refractivity contribution in [2.45, 2.75) is 38.6 Å². The van der Waals surface area contributed by atoms with E-state index in [1.807, 2.05) is 32.2 Å². The van der Waals surface area contributed by atoms with E-state index in [2.05, 4.69) is 18.0 Å². The smallest absolute Gasteiger partial charge is 0.134 e. The second kappa shape index (κ2) is 10.4. The average Bonchev–Trinajstić information content (AvgIpc) is 2.31. The first kappa shape index (κ1) is 14.8. The number of hydrogen-bond acceptors (Lipinski definition) is 2. The molecular weight excluding hydrogens is 198 g/mol. The van der Waals surface area contributed by atoms with Crippen molar-refractivity contribution in [1.29, 1.82) is 0 Å². The molecule has 0 aromatic carbocycles. The largest absolute Gasteiger partial charge is 0.317 e. The Kier molecular flexibility index (Phi) is 9.63. The van der Waals surface area contributed by atoms with Crippen molar-refractivity contribution >= 4 is 5.78 Å². The van der Waals surface area contributed by atoms with Gasteiger partial charge in [-0.3, -0.25) is 4.79 Å². The number of allylic oxidation sites excluding steroid dienone is 5. The highest BCUT2D eigenvalue weighted by Crippen LogP contribution is 2.04. The van der Waals surface area contributed by atoms with Gasteiger partial charge in [-0.05, 0) is 19.9 Å². The van der Waals surface area contributed by atoms with E-state index in [-0.39, 0.29) is 0 Å². The van der Waals surface area contributed by atoms with Crippen LogP contribution in [0.2, 0.25) is 0 Å². The van der Waals surface area contributed by atoms with E-state index in [4.69, 9.17) is 0 Å². The summed E-state index contributed by atoms with van der Waals surface area (Å²) >= 11 is 0. The van der Waals surface area contributed by atoms with E-state index in [9.17, 15) is 4.79 Å². The number of ketones is 1. The summed E-state index contributed by atoms with van der Waals surface area (Å²) in [5.41, 5.74) is 0. The SMILES string of the molecule is C=C/C=C\C=C/CCC(CC(=O)CC)NC. The summed E-state index contributed by atoms with van der Waals surface area (Å²) in [5.74, 6) is 0.329. The molecule has 0 aliphatic heterocycles. The lowest BCUT2D eigenvalue weighted by molar-refractivity contribution is -0.119. The van der Waals surface area contributed by atoms with Gasteiger partial charge >= 0.3 is 0 Å². The Bertz CT molecular complexity index is 253. The molecule has 0 saturated carbocycles. The van der Waals surface area contributed by atoms with E-state index in [1.165, 1.54) is 0 Å². The first-order chi connectivity index (χ1) is 7.74. The number of carbonyl (C=O) groups is 1. The lowest BCUT2D eigenvalue weighted by Gasteiger charge is -2.13. The molecule has 0 rings (SSSR count). The number of rotatable bonds is 9. The third-order valence-electron chi connectivity index (χ3n) is 2.45. The van der Waals surface area contributed by atoms with E-state index in [0.29, 0.717) is 24.7 Å². The predicted molar refractivity (Wildman–Crippen MR) is 70.5 cm³/mol. The zero-order valence-electron chi connectivity index (χ0n) is 10.4. The highest BCUT2D eigenvalue weighted by Gasteiger charge is 2.08. The third kappa shape index (κ3) is 8.18. The van der Waals surface area contributed by atoms with Gasteiger partial charge in [-0.25, -0.2) is 0 Å². The van der Waals surface area contributed by atoms with Crippen LogP contribution >= 0.6 is 0 Å². The first-order valence-corrected chi connectivity index (χ1v) is 5.87. The van der Waals surface area contributed by atoms with Crippen LogP contribution in [0.4, 0.5) is 0 Å². The lowest BCUT2D eigenvalue weighted by Crippen LogP contribution is -2.27. The van der Waals surface area contributed by atoms with E-state index in [0.717, 1.165) is 12.8 Å². The quantitative estimate of drug-likeness (QED) is 0.606. The van der Waals surface area contributed by atoms with Crippen LogP contribution < -0.4 is 5.32 Å². The molecule has 0 aliphatic rings. The van der Waals surface area contributed by atoms with Gasteiger partial charge in [-0.1, -0.05) is 43.9 Å². The highest BCUT2D eigenvalue weighted by molar-refractivity contribution is 5.78. The van der Waals surface area contributed by atoms with Crippen molar-refractivity contribution in [1.82, 2.24) is 5.32 Å². The van der Waals surface area contributed by atoms with Gasteiger partial charge < -0.3 is 5.32 Å². The minimum Gasteiger partial charge on any atom is -0.317 e. The zero-order chi connectivity index (χ0) is 12.2. The Morgan fingerprint density at radius 2 is 2.12 bits per heavy atom. The van der Waals surface area contributed by atoms with Gasteiger partial charge in [0, 0.05) is 18.9 Å². The van der Waals surface area contributed by atoms with Crippen molar-refractivity contribution in [2.75, 3.05) is 7.05 Å². The summed E-state index contributed by atoms with van der Waals surface area (Å²) in [6.07, 6.45) is 13.0. The maximum Gasteiger partial charge on any atom is 0.134 e. The third-order valence-corrected chi connectivity index (χ3v) is 2.45. The standard InChI is InChI=1S/C14H23NO/c1-4-6-7-8-9-10-11-13(15-3)12-14(16)5-2/h4,6-9,13,15H,1,5,10-12H2,2-3H3/b7-6-,9-8-. The predicted octanol–water partition coefficient (Wildman–Crippen LogP) is 3.02. The van der Waals surface area contributed by atoms with Crippen LogP contribution in [0.15, 0.2) is 37.0 Å². The van der Waals surface area contributed by atoms with Crippen LogP contribution in [-0.4, -0.2) is 18.9 Å². The van der Waals surface area contributed by atoms with Gasteiger partial charge in [0.25, 0.3) is 0 Å². The summed E-state index contributed by atoms with van der Waals surface area (Å²) in [6, 6.07) is 0.306. The number of Topliss-reactive ketones (excluding diaryl/α,β-unsaturated/α-hetero) is 1. The summed E-state index contributed by atoms with van der Waals surface area (Å²) in [4.78, 5) is 11.3. The van der Waals surface area contributed by atoms with E-state index < -0.39 is 0 Å². The van der Waals surface area contributed by atoms with Gasteiger partial charge in [-0.15, -0.1) is 0 Å². The highest BCUT2D eigenvalue weighted by atomic mass is 16.1. The Balaban J connectivity index is 3.78. The van der Waals surface area contributed by atoms with Crippen LogP contribution in [0.1, 0.15) is 32.6 Å². The van der Waals surface area contributed by atoms with Gasteiger partial charge in [-0.2, -0.15) is 0 Å². The Morgan fingerprint density at radius 1 is 1.38 bits per heavy atom. The van der Waals surface area contributed by atoms with Crippen LogP contribution in [0.25, 0.3) is 0 Å². The van der Waals surface area contributed by atoms with Gasteiger partial charge in [0.05, 0.1) is 0 Å². The Labute approximate surface area is 99.1 Å². The maximum absolute atomic E-state index is 11.3. The fourth-order valence-corrected chi connectivity index (χ4v) is 1.38. The molecule has 0 aromatic rings. The fraction of sp³-hybridized carbons (Fsp3) is 0.500. The molecule has 16 heavy (non-hydrogen) atoms. The molecule has 0 saturated heterocycles. The van der Waals surface area contributed by atoms with Crippen molar-refractivity contribution < 1.29 is 4.79 Å². The first-order valence-electron chi connectivity index (χ1n) is 5.87. The molecule has 0 amide bonds. The van der Waals surface area contributed by atoms with Crippen LogP contribution in [-0.2, 0) is 4.79 Å². The molecule has 1 N–H and O–H groups in total. The maximum atomic E-state index is 11.3. The van der Waals surface area contributed by atoms with Crippen LogP contribution in [0.3, 0.4) is 0 Å². The molecule has 0 radical (unpaired) electrons. The second-order valence-corrected chi connectivity index (χ2v) is 3.71. The second-order valence-electron chi connectivity index (χ2n) is 3.71. The Morgan fingerprint density at radius 3 is 2.69 bits per heavy atom. The molecule has 2 heteroatoms. The van der Waals surface area contributed by atoms with E-state index in [1.54, 1.807) is 6.08 Å².